The van der Waals surface area contributed by atoms with Crippen LogP contribution in [0, 0.1) is 10.1 Å². The fourth-order valence-corrected chi connectivity index (χ4v) is 3.21. The van der Waals surface area contributed by atoms with Gasteiger partial charge in [-0.05, 0) is 36.4 Å². The molecule has 25 heavy (non-hydrogen) atoms. The first kappa shape index (κ1) is 18.9. The topological polar surface area (TPSA) is 128 Å². The summed E-state index contributed by atoms with van der Waals surface area (Å²) in [6.45, 7) is -0.666. The number of rotatable bonds is 8. The molecule has 1 unspecified atom stereocenters. The Kier molecular flexibility index (Phi) is 6.13. The van der Waals surface area contributed by atoms with Crippen molar-refractivity contribution in [1.82, 2.24) is 5.09 Å². The van der Waals surface area contributed by atoms with Crippen LogP contribution in [-0.2, 0) is 9.36 Å². The normalized spacial score (nSPS) is 12.8. The molecule has 2 aromatic carbocycles. The number of hydrogen-bond acceptors (Lipinski definition) is 6. The summed E-state index contributed by atoms with van der Waals surface area (Å²) in [5, 5.41) is 21.6. The molecule has 0 saturated carbocycles. The quantitative estimate of drug-likeness (QED) is 0.369. The lowest BCUT2D eigenvalue weighted by molar-refractivity contribution is -0.384. The highest BCUT2D eigenvalue weighted by atomic mass is 79.9. The lowest BCUT2D eigenvalue weighted by Crippen LogP contribution is -2.24. The maximum atomic E-state index is 12.8. The minimum absolute atomic E-state index is 0.0175. The minimum Gasteiger partial charge on any atom is -0.480 e. The number of hydrogen-bond donors (Lipinski definition) is 2. The molecule has 11 heteroatoms. The van der Waals surface area contributed by atoms with E-state index in [2.05, 4.69) is 21.0 Å². The number of carboxylic acid groups (broad SMARTS) is 1. The molecular formula is C14H12BrN2O7P. The summed E-state index contributed by atoms with van der Waals surface area (Å²) in [4.78, 5) is 20.8. The standard InChI is InChI=1S/C14H12BrN2O7P/c15-10-1-5-12(6-2-10)23-25(22,16-9-14(18)19)24-13-7-3-11(4-8-13)17(20)21/h1-8H,9H2,(H,16,22)(H,18,19). The van der Waals surface area contributed by atoms with Crippen LogP contribution >= 0.6 is 23.7 Å². The fraction of sp³-hybridized carbons (Fsp3) is 0.0714. The van der Waals surface area contributed by atoms with Gasteiger partial charge in [0, 0.05) is 16.6 Å². The molecule has 0 aliphatic carbocycles. The third-order valence-electron chi connectivity index (χ3n) is 2.74. The van der Waals surface area contributed by atoms with Crippen molar-refractivity contribution in [2.75, 3.05) is 6.54 Å². The molecule has 0 spiro atoms. The first-order chi connectivity index (χ1) is 11.8. The number of benzene rings is 2. The van der Waals surface area contributed by atoms with Gasteiger partial charge in [-0.1, -0.05) is 15.9 Å². The number of carboxylic acids is 1. The zero-order chi connectivity index (χ0) is 18.4. The van der Waals surface area contributed by atoms with Crippen molar-refractivity contribution in [3.05, 3.63) is 63.1 Å². The zero-order valence-electron chi connectivity index (χ0n) is 12.5. The van der Waals surface area contributed by atoms with Gasteiger partial charge in [-0.2, -0.15) is 5.09 Å². The minimum atomic E-state index is -4.09. The highest BCUT2D eigenvalue weighted by Gasteiger charge is 2.29. The zero-order valence-corrected chi connectivity index (χ0v) is 15.0. The molecule has 0 aromatic heterocycles. The summed E-state index contributed by atoms with van der Waals surface area (Å²) < 4.78 is 24.1. The van der Waals surface area contributed by atoms with Gasteiger partial charge in [0.25, 0.3) is 5.69 Å². The molecule has 0 radical (unpaired) electrons. The Morgan fingerprint density at radius 3 is 2.04 bits per heavy atom. The van der Waals surface area contributed by atoms with E-state index in [1.54, 1.807) is 12.1 Å². The van der Waals surface area contributed by atoms with Gasteiger partial charge in [0.2, 0.25) is 0 Å². The van der Waals surface area contributed by atoms with Crippen molar-refractivity contribution in [3.8, 4) is 11.5 Å². The van der Waals surface area contributed by atoms with Gasteiger partial charge >= 0.3 is 13.7 Å². The van der Waals surface area contributed by atoms with Crippen molar-refractivity contribution in [3.63, 3.8) is 0 Å². The smallest absolute Gasteiger partial charge is 0.480 e. The number of nitro groups is 1. The summed E-state index contributed by atoms with van der Waals surface area (Å²) >= 11 is 3.24. The number of nitrogens with one attached hydrogen (secondary N) is 1. The summed E-state index contributed by atoms with van der Waals surface area (Å²) in [7, 11) is -4.09. The molecule has 1 atom stereocenters. The Morgan fingerprint density at radius 2 is 1.60 bits per heavy atom. The van der Waals surface area contributed by atoms with Crippen LogP contribution in [0.2, 0.25) is 0 Å². The maximum absolute atomic E-state index is 12.8. The van der Waals surface area contributed by atoms with Gasteiger partial charge in [-0.25, -0.2) is 4.57 Å². The van der Waals surface area contributed by atoms with Crippen molar-refractivity contribution < 1.29 is 28.4 Å². The molecule has 9 nitrogen and oxygen atoms in total. The van der Waals surface area contributed by atoms with E-state index in [-0.39, 0.29) is 17.2 Å². The summed E-state index contributed by atoms with van der Waals surface area (Å²) in [6.07, 6.45) is 0. The largest absolute Gasteiger partial charge is 0.513 e. The Labute approximate surface area is 150 Å². The average Bonchev–Trinajstić information content (AvgIpc) is 2.56. The van der Waals surface area contributed by atoms with Crippen LogP contribution < -0.4 is 14.1 Å². The Hall–Kier alpha value is -2.42. The van der Waals surface area contributed by atoms with E-state index in [4.69, 9.17) is 14.2 Å². The van der Waals surface area contributed by atoms with Crippen molar-refractivity contribution in [1.29, 1.82) is 0 Å². The number of nitro benzene ring substituents is 1. The Balaban J connectivity index is 2.21. The molecule has 2 N–H and O–H groups in total. The van der Waals surface area contributed by atoms with Crippen LogP contribution in [-0.4, -0.2) is 22.5 Å². The molecule has 0 amide bonds. The lowest BCUT2D eigenvalue weighted by Gasteiger charge is -2.19. The second-order valence-corrected chi connectivity index (χ2v) is 7.21. The van der Waals surface area contributed by atoms with Gasteiger partial charge in [0.15, 0.2) is 0 Å². The Morgan fingerprint density at radius 1 is 1.12 bits per heavy atom. The van der Waals surface area contributed by atoms with Crippen LogP contribution in [0.5, 0.6) is 11.5 Å². The molecule has 132 valence electrons. The van der Waals surface area contributed by atoms with E-state index in [9.17, 15) is 19.5 Å². The predicted octanol–water partition coefficient (Wildman–Crippen LogP) is 3.60. The van der Waals surface area contributed by atoms with Gasteiger partial charge in [-0.3, -0.25) is 14.9 Å². The first-order valence-electron chi connectivity index (χ1n) is 6.73. The molecule has 0 heterocycles. The van der Waals surface area contributed by atoms with Crippen molar-refractivity contribution >= 4 is 35.3 Å². The summed E-state index contributed by atoms with van der Waals surface area (Å²) in [5.41, 5.74) is -0.172. The van der Waals surface area contributed by atoms with Crippen LogP contribution in [0.15, 0.2) is 53.0 Å². The van der Waals surface area contributed by atoms with Crippen molar-refractivity contribution in [2.24, 2.45) is 0 Å². The highest BCUT2D eigenvalue weighted by molar-refractivity contribution is 9.10. The number of aliphatic carboxylic acids is 1. The fourth-order valence-electron chi connectivity index (χ4n) is 1.65. The van der Waals surface area contributed by atoms with E-state index in [0.717, 1.165) is 16.6 Å². The van der Waals surface area contributed by atoms with E-state index in [1.165, 1.54) is 24.3 Å². The van der Waals surface area contributed by atoms with Gasteiger partial charge < -0.3 is 14.2 Å². The van der Waals surface area contributed by atoms with E-state index in [0.29, 0.717) is 0 Å². The van der Waals surface area contributed by atoms with Gasteiger partial charge in [-0.15, -0.1) is 0 Å². The SMILES string of the molecule is O=C(O)CNP(=O)(Oc1ccc(Br)cc1)Oc1ccc([N+](=O)[O-])cc1. The van der Waals surface area contributed by atoms with Crippen LogP contribution in [0.25, 0.3) is 0 Å². The van der Waals surface area contributed by atoms with Crippen LogP contribution in [0.1, 0.15) is 0 Å². The second-order valence-electron chi connectivity index (χ2n) is 4.61. The molecular weight excluding hydrogens is 419 g/mol. The first-order valence-corrected chi connectivity index (χ1v) is 9.07. The molecule has 0 aliphatic heterocycles. The van der Waals surface area contributed by atoms with E-state index in [1.807, 2.05) is 0 Å². The molecule has 2 rings (SSSR count). The second kappa shape index (κ2) is 8.11. The molecule has 0 bridgehead atoms. The van der Waals surface area contributed by atoms with E-state index >= 15 is 0 Å². The summed E-state index contributed by atoms with van der Waals surface area (Å²) in [5.74, 6) is -1.05. The Bertz CT molecular complexity index is 811. The molecule has 0 aliphatic rings. The monoisotopic (exact) mass is 430 g/mol. The predicted molar refractivity (Wildman–Crippen MR) is 91.7 cm³/mol. The summed E-state index contributed by atoms with van der Waals surface area (Å²) in [6, 6.07) is 11.1. The number of halogens is 1. The number of nitrogens with zero attached hydrogens (tertiary/aromatic N) is 1. The number of carbonyl (C=O) groups is 1. The lowest BCUT2D eigenvalue weighted by atomic mass is 10.3. The van der Waals surface area contributed by atoms with Gasteiger partial charge in [0.1, 0.15) is 18.0 Å². The van der Waals surface area contributed by atoms with Crippen LogP contribution in [0.4, 0.5) is 5.69 Å². The molecule has 0 saturated heterocycles. The third kappa shape index (κ3) is 5.86. The maximum Gasteiger partial charge on any atom is 0.513 e. The molecule has 0 fully saturated rings. The van der Waals surface area contributed by atoms with Crippen molar-refractivity contribution in [2.45, 2.75) is 0 Å². The highest BCUT2D eigenvalue weighted by Crippen LogP contribution is 2.44. The average molecular weight is 431 g/mol. The van der Waals surface area contributed by atoms with Gasteiger partial charge in [0.05, 0.1) is 4.92 Å². The third-order valence-corrected chi connectivity index (χ3v) is 4.71. The number of non-ortho nitro benzene ring substituents is 1. The molecule has 2 aromatic rings. The van der Waals surface area contributed by atoms with E-state index < -0.39 is 25.2 Å². The van der Waals surface area contributed by atoms with Crippen LogP contribution in [0.3, 0.4) is 0 Å².